The average molecular weight is 358 g/mol. The number of ether oxygens (including phenoxy) is 1. The van der Waals surface area contributed by atoms with Gasteiger partial charge in [0.1, 0.15) is 5.75 Å². The van der Waals surface area contributed by atoms with E-state index in [0.717, 1.165) is 5.69 Å². The lowest BCUT2D eigenvalue weighted by molar-refractivity contribution is -0.114. The molecule has 0 unspecified atom stereocenters. The molecule has 0 aromatic heterocycles. The quantitative estimate of drug-likeness (QED) is 0.753. The molecule has 0 spiro atoms. The zero-order valence-electron chi connectivity index (χ0n) is 14.3. The summed E-state index contributed by atoms with van der Waals surface area (Å²) < 4.78 is 5.67. The zero-order chi connectivity index (χ0) is 18.1. The van der Waals surface area contributed by atoms with Crippen LogP contribution in [0.5, 0.6) is 5.75 Å². The second-order valence-electron chi connectivity index (χ2n) is 5.62. The van der Waals surface area contributed by atoms with Crippen LogP contribution in [0.4, 0.5) is 11.4 Å². The Balaban J connectivity index is 1.76. The van der Waals surface area contributed by atoms with Crippen LogP contribution in [0, 0.1) is 0 Å². The van der Waals surface area contributed by atoms with Crippen molar-refractivity contribution < 1.29 is 14.3 Å². The van der Waals surface area contributed by atoms with E-state index in [4.69, 9.17) is 4.74 Å². The summed E-state index contributed by atoms with van der Waals surface area (Å²) in [5, 5.41) is 5.61. The number of para-hydroxylation sites is 3. The molecule has 0 saturated heterocycles. The number of carbonyl (C=O) groups is 2. The summed E-state index contributed by atoms with van der Waals surface area (Å²) in [7, 11) is 0. The van der Waals surface area contributed by atoms with Gasteiger partial charge in [0.25, 0.3) is 0 Å². The second-order valence-corrected chi connectivity index (χ2v) is 6.60. The molecule has 2 amide bonds. The minimum Gasteiger partial charge on any atom is -0.489 e. The molecule has 0 heterocycles. The third kappa shape index (κ3) is 6.89. The second kappa shape index (κ2) is 9.74. The third-order valence-electron chi connectivity index (χ3n) is 3.05. The highest BCUT2D eigenvalue weighted by atomic mass is 32.2. The van der Waals surface area contributed by atoms with E-state index in [1.165, 1.54) is 11.8 Å². The Hall–Kier alpha value is -2.47. The fourth-order valence-electron chi connectivity index (χ4n) is 2.07. The zero-order valence-corrected chi connectivity index (χ0v) is 15.1. The average Bonchev–Trinajstić information content (AvgIpc) is 2.57. The Kier molecular flexibility index (Phi) is 7.35. The first-order chi connectivity index (χ1) is 12.0. The third-order valence-corrected chi connectivity index (χ3v) is 3.98. The fourth-order valence-corrected chi connectivity index (χ4v) is 2.69. The van der Waals surface area contributed by atoms with Crippen LogP contribution >= 0.6 is 11.8 Å². The Morgan fingerprint density at radius 2 is 1.52 bits per heavy atom. The van der Waals surface area contributed by atoms with E-state index in [1.807, 2.05) is 62.4 Å². The molecule has 25 heavy (non-hydrogen) atoms. The molecule has 2 rings (SSSR count). The molecular weight excluding hydrogens is 336 g/mol. The van der Waals surface area contributed by atoms with E-state index in [-0.39, 0.29) is 29.4 Å². The van der Waals surface area contributed by atoms with Gasteiger partial charge in [-0.1, -0.05) is 30.3 Å². The van der Waals surface area contributed by atoms with Gasteiger partial charge < -0.3 is 15.4 Å². The maximum absolute atomic E-state index is 12.1. The van der Waals surface area contributed by atoms with Crippen LogP contribution in [0.15, 0.2) is 54.6 Å². The van der Waals surface area contributed by atoms with Crippen molar-refractivity contribution in [1.29, 1.82) is 0 Å². The van der Waals surface area contributed by atoms with Gasteiger partial charge in [-0.15, -0.1) is 11.8 Å². The van der Waals surface area contributed by atoms with E-state index in [0.29, 0.717) is 11.4 Å². The Bertz CT molecular complexity index is 705. The minimum absolute atomic E-state index is 0.0223. The molecule has 0 atom stereocenters. The molecule has 2 aromatic carbocycles. The highest BCUT2D eigenvalue weighted by molar-refractivity contribution is 8.00. The van der Waals surface area contributed by atoms with Gasteiger partial charge in [0, 0.05) is 5.69 Å². The molecule has 6 heteroatoms. The Morgan fingerprint density at radius 3 is 2.20 bits per heavy atom. The number of hydrogen-bond acceptors (Lipinski definition) is 4. The molecule has 0 aliphatic carbocycles. The van der Waals surface area contributed by atoms with Crippen LogP contribution in [0.25, 0.3) is 0 Å². The SMILES string of the molecule is CC(C)Oc1ccccc1NC(=O)CSCC(=O)Nc1ccccc1. The maximum Gasteiger partial charge on any atom is 0.234 e. The van der Waals surface area contributed by atoms with Crippen molar-refractivity contribution in [3.05, 3.63) is 54.6 Å². The van der Waals surface area contributed by atoms with Crippen molar-refractivity contribution >= 4 is 35.0 Å². The Labute approximate surface area is 152 Å². The van der Waals surface area contributed by atoms with Crippen LogP contribution in [0.2, 0.25) is 0 Å². The van der Waals surface area contributed by atoms with Crippen LogP contribution in [-0.2, 0) is 9.59 Å². The minimum atomic E-state index is -0.169. The van der Waals surface area contributed by atoms with Crippen molar-refractivity contribution in [3.8, 4) is 5.75 Å². The predicted molar refractivity (Wildman–Crippen MR) is 103 cm³/mol. The number of rotatable bonds is 8. The van der Waals surface area contributed by atoms with Crippen LogP contribution in [0.3, 0.4) is 0 Å². The van der Waals surface area contributed by atoms with Gasteiger partial charge in [-0.05, 0) is 38.1 Å². The van der Waals surface area contributed by atoms with Gasteiger partial charge in [-0.2, -0.15) is 0 Å². The molecule has 0 aliphatic rings. The molecule has 2 aromatic rings. The first kappa shape index (κ1) is 18.9. The lowest BCUT2D eigenvalue weighted by Gasteiger charge is -2.14. The van der Waals surface area contributed by atoms with Gasteiger partial charge in [0.05, 0.1) is 23.3 Å². The monoisotopic (exact) mass is 358 g/mol. The van der Waals surface area contributed by atoms with Crippen LogP contribution in [-0.4, -0.2) is 29.4 Å². The molecule has 0 bridgehead atoms. The molecule has 0 fully saturated rings. The first-order valence-corrected chi connectivity index (χ1v) is 9.18. The smallest absolute Gasteiger partial charge is 0.234 e. The summed E-state index contributed by atoms with van der Waals surface area (Å²) >= 11 is 1.26. The molecule has 0 saturated carbocycles. The largest absolute Gasteiger partial charge is 0.489 e. The molecule has 132 valence electrons. The summed E-state index contributed by atoms with van der Waals surface area (Å²) in [6.07, 6.45) is 0.0223. The molecule has 5 nitrogen and oxygen atoms in total. The number of nitrogens with one attached hydrogen (secondary N) is 2. The highest BCUT2D eigenvalue weighted by Crippen LogP contribution is 2.25. The summed E-state index contributed by atoms with van der Waals surface area (Å²) in [6.45, 7) is 3.86. The van der Waals surface area contributed by atoms with E-state index in [2.05, 4.69) is 10.6 Å². The molecule has 0 radical (unpaired) electrons. The number of anilines is 2. The summed E-state index contributed by atoms with van der Waals surface area (Å²) in [5.74, 6) is 0.743. The van der Waals surface area contributed by atoms with Crippen molar-refractivity contribution in [2.24, 2.45) is 0 Å². The van der Waals surface area contributed by atoms with Crippen LogP contribution in [0.1, 0.15) is 13.8 Å². The lowest BCUT2D eigenvalue weighted by atomic mass is 10.3. The number of hydrogen-bond donors (Lipinski definition) is 2. The Morgan fingerprint density at radius 1 is 0.920 bits per heavy atom. The predicted octanol–water partition coefficient (Wildman–Crippen LogP) is 3.78. The summed E-state index contributed by atoms with van der Waals surface area (Å²) in [5.41, 5.74) is 1.38. The van der Waals surface area contributed by atoms with E-state index in [9.17, 15) is 9.59 Å². The summed E-state index contributed by atoms with van der Waals surface area (Å²) in [6, 6.07) is 16.5. The maximum atomic E-state index is 12.1. The molecular formula is C19H22N2O3S. The van der Waals surface area contributed by atoms with Gasteiger partial charge >= 0.3 is 0 Å². The normalized spacial score (nSPS) is 10.4. The van der Waals surface area contributed by atoms with Crippen molar-refractivity contribution in [1.82, 2.24) is 0 Å². The summed E-state index contributed by atoms with van der Waals surface area (Å²) in [4.78, 5) is 23.9. The van der Waals surface area contributed by atoms with E-state index in [1.54, 1.807) is 6.07 Å². The van der Waals surface area contributed by atoms with Gasteiger partial charge in [0.15, 0.2) is 0 Å². The molecule has 2 N–H and O–H groups in total. The number of carbonyl (C=O) groups excluding carboxylic acids is 2. The first-order valence-electron chi connectivity index (χ1n) is 8.03. The van der Waals surface area contributed by atoms with E-state index < -0.39 is 0 Å². The molecule has 0 aliphatic heterocycles. The van der Waals surface area contributed by atoms with Crippen molar-refractivity contribution in [2.45, 2.75) is 20.0 Å². The lowest BCUT2D eigenvalue weighted by Crippen LogP contribution is -2.19. The van der Waals surface area contributed by atoms with E-state index >= 15 is 0 Å². The number of thioether (sulfide) groups is 1. The van der Waals surface area contributed by atoms with Crippen molar-refractivity contribution in [3.63, 3.8) is 0 Å². The van der Waals surface area contributed by atoms with Crippen molar-refractivity contribution in [2.75, 3.05) is 22.1 Å². The number of benzene rings is 2. The van der Waals surface area contributed by atoms with Gasteiger partial charge in [-0.3, -0.25) is 9.59 Å². The van der Waals surface area contributed by atoms with Gasteiger partial charge in [-0.25, -0.2) is 0 Å². The fraction of sp³-hybridized carbons (Fsp3) is 0.263. The van der Waals surface area contributed by atoms with Gasteiger partial charge in [0.2, 0.25) is 11.8 Å². The highest BCUT2D eigenvalue weighted by Gasteiger charge is 2.10. The number of amides is 2. The topological polar surface area (TPSA) is 67.4 Å². The standard InChI is InChI=1S/C19H22N2O3S/c1-14(2)24-17-11-7-6-10-16(17)21-19(23)13-25-12-18(22)20-15-8-4-3-5-9-15/h3-11,14H,12-13H2,1-2H3,(H,20,22)(H,21,23). The van der Waals surface area contributed by atoms with Crippen LogP contribution < -0.4 is 15.4 Å².